The van der Waals surface area contributed by atoms with E-state index in [2.05, 4.69) is 10.6 Å². The standard InChI is InChI=1S/C13H24N4O4/c1-7(2)6-10(12(15)20)17-13(21)9(16-8(3)18)4-5-11(14)19/h7,9-10H,4-6H2,1-3H3,(H2,14,19)(H2,15,20)(H,16,18)(H,17,21). The molecule has 120 valence electrons. The molecule has 21 heavy (non-hydrogen) atoms. The number of nitrogens with one attached hydrogen (secondary N) is 2. The van der Waals surface area contributed by atoms with Crippen molar-refractivity contribution in [1.29, 1.82) is 0 Å². The fourth-order valence-electron chi connectivity index (χ4n) is 1.79. The van der Waals surface area contributed by atoms with Crippen molar-refractivity contribution in [1.82, 2.24) is 10.6 Å². The topological polar surface area (TPSA) is 144 Å². The monoisotopic (exact) mass is 300 g/mol. The summed E-state index contributed by atoms with van der Waals surface area (Å²) in [5.41, 5.74) is 10.3. The third-order valence-corrected chi connectivity index (χ3v) is 2.74. The highest BCUT2D eigenvalue weighted by molar-refractivity contribution is 5.91. The van der Waals surface area contributed by atoms with Crippen molar-refractivity contribution in [3.05, 3.63) is 0 Å². The maximum atomic E-state index is 12.1. The molecule has 0 radical (unpaired) electrons. The lowest BCUT2D eigenvalue weighted by molar-refractivity contribution is -0.131. The number of primary amides is 2. The van der Waals surface area contributed by atoms with Gasteiger partial charge in [0.1, 0.15) is 12.1 Å². The van der Waals surface area contributed by atoms with Gasteiger partial charge in [-0.25, -0.2) is 0 Å². The molecule has 0 aliphatic rings. The van der Waals surface area contributed by atoms with Crippen LogP contribution < -0.4 is 22.1 Å². The Kier molecular flexibility index (Phi) is 8.03. The van der Waals surface area contributed by atoms with Gasteiger partial charge in [-0.15, -0.1) is 0 Å². The molecule has 2 unspecified atom stereocenters. The Morgan fingerprint density at radius 2 is 1.57 bits per heavy atom. The molecule has 0 aliphatic carbocycles. The highest BCUT2D eigenvalue weighted by atomic mass is 16.2. The molecule has 0 bridgehead atoms. The third-order valence-electron chi connectivity index (χ3n) is 2.74. The number of carbonyl (C=O) groups is 4. The van der Waals surface area contributed by atoms with Crippen LogP contribution in [0, 0.1) is 5.92 Å². The summed E-state index contributed by atoms with van der Waals surface area (Å²) in [5, 5.41) is 4.92. The number of amides is 4. The zero-order valence-corrected chi connectivity index (χ0v) is 12.6. The van der Waals surface area contributed by atoms with Gasteiger partial charge in [-0.1, -0.05) is 13.8 Å². The maximum absolute atomic E-state index is 12.1. The molecule has 0 fully saturated rings. The summed E-state index contributed by atoms with van der Waals surface area (Å²) in [5.74, 6) is -2.04. The van der Waals surface area contributed by atoms with E-state index in [0.717, 1.165) is 0 Å². The van der Waals surface area contributed by atoms with Crippen LogP contribution in [0.3, 0.4) is 0 Å². The fourth-order valence-corrected chi connectivity index (χ4v) is 1.79. The first-order valence-corrected chi connectivity index (χ1v) is 6.78. The average molecular weight is 300 g/mol. The fraction of sp³-hybridized carbons (Fsp3) is 0.692. The van der Waals surface area contributed by atoms with E-state index >= 15 is 0 Å². The zero-order chi connectivity index (χ0) is 16.6. The number of hydrogen-bond donors (Lipinski definition) is 4. The van der Waals surface area contributed by atoms with Gasteiger partial charge >= 0.3 is 0 Å². The van der Waals surface area contributed by atoms with Crippen LogP contribution in [0.1, 0.15) is 40.0 Å². The minimum Gasteiger partial charge on any atom is -0.370 e. The van der Waals surface area contributed by atoms with Crippen LogP contribution in [0.25, 0.3) is 0 Å². The summed E-state index contributed by atoms with van der Waals surface area (Å²) in [6, 6.07) is -1.74. The molecule has 0 saturated heterocycles. The van der Waals surface area contributed by atoms with Crippen LogP contribution in [0.2, 0.25) is 0 Å². The molecule has 0 aromatic rings. The van der Waals surface area contributed by atoms with Crippen molar-refractivity contribution in [2.75, 3.05) is 0 Å². The smallest absolute Gasteiger partial charge is 0.243 e. The van der Waals surface area contributed by atoms with Crippen LogP contribution in [0.15, 0.2) is 0 Å². The Labute approximate surface area is 124 Å². The van der Waals surface area contributed by atoms with Crippen LogP contribution in [-0.2, 0) is 19.2 Å². The van der Waals surface area contributed by atoms with E-state index in [-0.39, 0.29) is 18.8 Å². The summed E-state index contributed by atoms with van der Waals surface area (Å²) >= 11 is 0. The Morgan fingerprint density at radius 1 is 1.00 bits per heavy atom. The van der Waals surface area contributed by atoms with Gasteiger partial charge in [0, 0.05) is 13.3 Å². The Bertz CT molecular complexity index is 409. The summed E-state index contributed by atoms with van der Waals surface area (Å²) in [7, 11) is 0. The molecule has 6 N–H and O–H groups in total. The molecule has 0 aromatic carbocycles. The summed E-state index contributed by atoms with van der Waals surface area (Å²) in [6.45, 7) is 5.03. The van der Waals surface area contributed by atoms with Crippen molar-refractivity contribution in [3.8, 4) is 0 Å². The molecule has 2 atom stereocenters. The normalized spacial score (nSPS) is 13.3. The highest BCUT2D eigenvalue weighted by Gasteiger charge is 2.25. The van der Waals surface area contributed by atoms with Crippen LogP contribution in [-0.4, -0.2) is 35.7 Å². The van der Waals surface area contributed by atoms with Crippen molar-refractivity contribution in [2.45, 2.75) is 52.1 Å². The zero-order valence-electron chi connectivity index (χ0n) is 12.6. The van der Waals surface area contributed by atoms with Crippen LogP contribution in [0.5, 0.6) is 0 Å². The molecule has 0 rings (SSSR count). The first-order valence-electron chi connectivity index (χ1n) is 6.78. The van der Waals surface area contributed by atoms with E-state index in [1.54, 1.807) is 0 Å². The maximum Gasteiger partial charge on any atom is 0.243 e. The van der Waals surface area contributed by atoms with Crippen molar-refractivity contribution >= 4 is 23.6 Å². The largest absolute Gasteiger partial charge is 0.370 e. The number of nitrogens with two attached hydrogens (primary N) is 2. The molecule has 0 aliphatic heterocycles. The van der Waals surface area contributed by atoms with Gasteiger partial charge in [-0.05, 0) is 18.8 Å². The number of hydrogen-bond acceptors (Lipinski definition) is 4. The lowest BCUT2D eigenvalue weighted by atomic mass is 10.0. The minimum absolute atomic E-state index is 0.0518. The number of carbonyl (C=O) groups excluding carboxylic acids is 4. The van der Waals surface area contributed by atoms with E-state index in [4.69, 9.17) is 11.5 Å². The lowest BCUT2D eigenvalue weighted by Crippen LogP contribution is -2.53. The second-order valence-electron chi connectivity index (χ2n) is 5.35. The average Bonchev–Trinajstić information content (AvgIpc) is 2.32. The van der Waals surface area contributed by atoms with E-state index in [9.17, 15) is 19.2 Å². The Morgan fingerprint density at radius 3 is 1.95 bits per heavy atom. The second-order valence-corrected chi connectivity index (χ2v) is 5.35. The Hall–Kier alpha value is -2.12. The summed E-state index contributed by atoms with van der Waals surface area (Å²) in [6.07, 6.45) is 0.404. The molecule has 0 saturated carbocycles. The first-order chi connectivity index (χ1) is 9.63. The summed E-state index contributed by atoms with van der Waals surface area (Å²) < 4.78 is 0. The van der Waals surface area contributed by atoms with Crippen LogP contribution >= 0.6 is 0 Å². The predicted molar refractivity (Wildman–Crippen MR) is 76.6 cm³/mol. The van der Waals surface area contributed by atoms with Gasteiger partial charge in [0.25, 0.3) is 0 Å². The second kappa shape index (κ2) is 8.93. The molecule has 0 heterocycles. The molecule has 0 aromatic heterocycles. The van der Waals surface area contributed by atoms with Gasteiger partial charge in [0.2, 0.25) is 23.6 Å². The summed E-state index contributed by atoms with van der Waals surface area (Å²) in [4.78, 5) is 45.3. The Balaban J connectivity index is 4.79. The van der Waals surface area contributed by atoms with Crippen LogP contribution in [0.4, 0.5) is 0 Å². The molecule has 4 amide bonds. The van der Waals surface area contributed by atoms with E-state index < -0.39 is 35.7 Å². The SMILES string of the molecule is CC(=O)NC(CCC(N)=O)C(=O)NC(CC(C)C)C(N)=O. The molecule has 8 heteroatoms. The van der Waals surface area contributed by atoms with Gasteiger partial charge in [0.15, 0.2) is 0 Å². The molecule has 0 spiro atoms. The minimum atomic E-state index is -0.927. The van der Waals surface area contributed by atoms with Gasteiger partial charge in [-0.2, -0.15) is 0 Å². The molecular formula is C13H24N4O4. The predicted octanol–water partition coefficient (Wildman–Crippen LogP) is -1.23. The van der Waals surface area contributed by atoms with E-state index in [1.165, 1.54) is 6.92 Å². The lowest BCUT2D eigenvalue weighted by Gasteiger charge is -2.22. The third kappa shape index (κ3) is 8.61. The van der Waals surface area contributed by atoms with Crippen molar-refractivity contribution in [3.63, 3.8) is 0 Å². The van der Waals surface area contributed by atoms with Gasteiger partial charge in [0.05, 0.1) is 0 Å². The van der Waals surface area contributed by atoms with Crippen molar-refractivity contribution < 1.29 is 19.2 Å². The van der Waals surface area contributed by atoms with E-state index in [0.29, 0.717) is 6.42 Å². The van der Waals surface area contributed by atoms with Gasteiger partial charge < -0.3 is 22.1 Å². The van der Waals surface area contributed by atoms with E-state index in [1.807, 2.05) is 13.8 Å². The highest BCUT2D eigenvalue weighted by Crippen LogP contribution is 2.06. The first kappa shape index (κ1) is 18.9. The molecular weight excluding hydrogens is 276 g/mol. The van der Waals surface area contributed by atoms with Gasteiger partial charge in [-0.3, -0.25) is 19.2 Å². The number of rotatable bonds is 9. The quantitative estimate of drug-likeness (QED) is 0.422. The van der Waals surface area contributed by atoms with Crippen molar-refractivity contribution in [2.24, 2.45) is 17.4 Å². The molecule has 8 nitrogen and oxygen atoms in total.